The highest BCUT2D eigenvalue weighted by molar-refractivity contribution is 9.10. The smallest absolute Gasteiger partial charge is 0.174 e. The molecule has 0 N–H and O–H groups in total. The van der Waals surface area contributed by atoms with Crippen molar-refractivity contribution in [2.75, 3.05) is 13.7 Å². The molecule has 0 fully saturated rings. The van der Waals surface area contributed by atoms with Crippen molar-refractivity contribution in [3.05, 3.63) is 22.2 Å². The molecule has 1 aliphatic rings. The van der Waals surface area contributed by atoms with E-state index in [9.17, 15) is 4.79 Å². The maximum atomic E-state index is 11.2. The second-order valence-corrected chi connectivity index (χ2v) is 3.92. The first-order valence-electron chi connectivity index (χ1n) is 4.22. The van der Waals surface area contributed by atoms with Gasteiger partial charge < -0.3 is 9.47 Å². The van der Waals surface area contributed by atoms with E-state index < -0.39 is 0 Å². The Morgan fingerprint density at radius 3 is 3.00 bits per heavy atom. The van der Waals surface area contributed by atoms with Crippen molar-refractivity contribution in [2.24, 2.45) is 0 Å². The molecule has 1 aromatic carbocycles. The zero-order chi connectivity index (χ0) is 10.1. The van der Waals surface area contributed by atoms with Crippen LogP contribution in [0.4, 0.5) is 0 Å². The Balaban J connectivity index is 2.54. The van der Waals surface area contributed by atoms with Crippen molar-refractivity contribution < 1.29 is 14.3 Å². The van der Waals surface area contributed by atoms with Gasteiger partial charge in [-0.1, -0.05) is 0 Å². The molecular formula is C10H9BrO3. The van der Waals surface area contributed by atoms with Crippen LogP contribution >= 0.6 is 15.9 Å². The molecule has 0 amide bonds. The van der Waals surface area contributed by atoms with Gasteiger partial charge in [-0.05, 0) is 28.1 Å². The lowest BCUT2D eigenvalue weighted by atomic mass is 10.0. The van der Waals surface area contributed by atoms with Crippen molar-refractivity contribution in [2.45, 2.75) is 6.42 Å². The first-order valence-corrected chi connectivity index (χ1v) is 5.01. The number of benzene rings is 1. The molecule has 74 valence electrons. The second-order valence-electron chi connectivity index (χ2n) is 3.06. The minimum absolute atomic E-state index is 0.0777. The molecule has 1 heterocycles. The highest BCUT2D eigenvalue weighted by Crippen LogP contribution is 2.37. The molecule has 0 atom stereocenters. The predicted molar refractivity (Wildman–Crippen MR) is 54.9 cm³/mol. The summed E-state index contributed by atoms with van der Waals surface area (Å²) in [5.74, 6) is 1.51. The van der Waals surface area contributed by atoms with Crippen LogP contribution in [-0.2, 0) is 11.2 Å². The van der Waals surface area contributed by atoms with Crippen molar-refractivity contribution in [3.63, 3.8) is 0 Å². The third-order valence-corrected chi connectivity index (χ3v) is 2.77. The second kappa shape index (κ2) is 3.61. The van der Waals surface area contributed by atoms with E-state index in [1.807, 2.05) is 12.1 Å². The molecule has 0 unspecified atom stereocenters. The Kier molecular flexibility index (Phi) is 2.46. The molecule has 4 heteroatoms. The van der Waals surface area contributed by atoms with Crippen LogP contribution in [0, 0.1) is 0 Å². The molecule has 14 heavy (non-hydrogen) atoms. The van der Waals surface area contributed by atoms with E-state index in [-0.39, 0.29) is 12.4 Å². The molecule has 0 aromatic heterocycles. The fourth-order valence-electron chi connectivity index (χ4n) is 1.50. The van der Waals surface area contributed by atoms with Gasteiger partial charge in [-0.25, -0.2) is 0 Å². The number of ether oxygens (including phenoxy) is 2. The van der Waals surface area contributed by atoms with Gasteiger partial charge in [-0.15, -0.1) is 0 Å². The van der Waals surface area contributed by atoms with Crippen LogP contribution in [0.3, 0.4) is 0 Å². The monoisotopic (exact) mass is 256 g/mol. The van der Waals surface area contributed by atoms with Crippen LogP contribution < -0.4 is 9.47 Å². The van der Waals surface area contributed by atoms with Gasteiger partial charge in [-0.3, -0.25) is 4.79 Å². The molecule has 0 radical (unpaired) electrons. The number of hydrogen-bond acceptors (Lipinski definition) is 3. The molecule has 0 bridgehead atoms. The van der Waals surface area contributed by atoms with Crippen molar-refractivity contribution in [1.82, 2.24) is 0 Å². The summed E-state index contributed by atoms with van der Waals surface area (Å²) in [6.07, 6.45) is 0.387. The predicted octanol–water partition coefficient (Wildman–Crippen LogP) is 1.96. The topological polar surface area (TPSA) is 35.5 Å². The summed E-state index contributed by atoms with van der Waals surface area (Å²) >= 11 is 3.37. The number of carbonyl (C=O) groups is 1. The Labute approximate surface area is 90.1 Å². The molecule has 0 aliphatic carbocycles. The SMILES string of the molecule is COc1ccc(Br)c2c1CC(=O)CO2. The van der Waals surface area contributed by atoms with E-state index >= 15 is 0 Å². The van der Waals surface area contributed by atoms with Gasteiger partial charge >= 0.3 is 0 Å². The molecule has 0 saturated carbocycles. The number of fused-ring (bicyclic) bond motifs is 1. The van der Waals surface area contributed by atoms with E-state index in [0.29, 0.717) is 12.2 Å². The van der Waals surface area contributed by atoms with E-state index in [1.54, 1.807) is 7.11 Å². The minimum Gasteiger partial charge on any atom is -0.496 e. The van der Waals surface area contributed by atoms with Gasteiger partial charge in [0, 0.05) is 12.0 Å². The third-order valence-electron chi connectivity index (χ3n) is 2.14. The molecule has 0 saturated heterocycles. The largest absolute Gasteiger partial charge is 0.496 e. The average molecular weight is 257 g/mol. The fraction of sp³-hybridized carbons (Fsp3) is 0.300. The maximum absolute atomic E-state index is 11.2. The zero-order valence-corrected chi connectivity index (χ0v) is 9.26. The molecule has 0 spiro atoms. The van der Waals surface area contributed by atoms with Crippen LogP contribution in [0.25, 0.3) is 0 Å². The van der Waals surface area contributed by atoms with Crippen molar-refractivity contribution in [1.29, 1.82) is 0 Å². The zero-order valence-electron chi connectivity index (χ0n) is 7.67. The Bertz CT molecular complexity index is 387. The van der Waals surface area contributed by atoms with Crippen LogP contribution in [0.5, 0.6) is 11.5 Å². The van der Waals surface area contributed by atoms with Crippen molar-refractivity contribution >= 4 is 21.7 Å². The lowest BCUT2D eigenvalue weighted by Gasteiger charge is -2.19. The van der Waals surface area contributed by atoms with Crippen molar-refractivity contribution in [3.8, 4) is 11.5 Å². The number of hydrogen-bond donors (Lipinski definition) is 0. The number of Topliss-reactive ketones (excluding diaryl/α,β-unsaturated/α-hetero) is 1. The van der Waals surface area contributed by atoms with Gasteiger partial charge in [0.15, 0.2) is 5.78 Å². The van der Waals surface area contributed by atoms with Gasteiger partial charge in [0.05, 0.1) is 11.6 Å². The molecule has 3 nitrogen and oxygen atoms in total. The summed E-state index contributed by atoms with van der Waals surface area (Å²) in [5.41, 5.74) is 0.832. The maximum Gasteiger partial charge on any atom is 0.174 e. The number of carbonyl (C=O) groups excluding carboxylic acids is 1. The minimum atomic E-state index is 0.0777. The number of rotatable bonds is 1. The van der Waals surface area contributed by atoms with Gasteiger partial charge in [-0.2, -0.15) is 0 Å². The Hall–Kier alpha value is -1.03. The van der Waals surface area contributed by atoms with Gasteiger partial charge in [0.1, 0.15) is 18.1 Å². The van der Waals surface area contributed by atoms with E-state index in [1.165, 1.54) is 0 Å². The van der Waals surface area contributed by atoms with E-state index in [0.717, 1.165) is 15.8 Å². The fourth-order valence-corrected chi connectivity index (χ4v) is 1.98. The van der Waals surface area contributed by atoms with Crippen LogP contribution in [0.15, 0.2) is 16.6 Å². The lowest BCUT2D eigenvalue weighted by molar-refractivity contribution is -0.121. The summed E-state index contributed by atoms with van der Waals surface area (Å²) in [6.45, 7) is 0.152. The van der Waals surface area contributed by atoms with Crippen LogP contribution in [0.1, 0.15) is 5.56 Å². The normalized spacial score (nSPS) is 14.6. The highest BCUT2D eigenvalue weighted by atomic mass is 79.9. The molecule has 2 rings (SSSR count). The summed E-state index contributed by atoms with van der Waals surface area (Å²) in [7, 11) is 1.59. The summed E-state index contributed by atoms with van der Waals surface area (Å²) < 4.78 is 11.4. The summed E-state index contributed by atoms with van der Waals surface area (Å²) in [5, 5.41) is 0. The summed E-state index contributed by atoms with van der Waals surface area (Å²) in [6, 6.07) is 3.68. The lowest BCUT2D eigenvalue weighted by Crippen LogP contribution is -2.21. The average Bonchev–Trinajstić information content (AvgIpc) is 2.18. The third kappa shape index (κ3) is 1.50. The number of ketones is 1. The first kappa shape index (κ1) is 9.52. The van der Waals surface area contributed by atoms with Crippen LogP contribution in [-0.4, -0.2) is 19.5 Å². The summed E-state index contributed by atoms with van der Waals surface area (Å²) in [4.78, 5) is 11.2. The molecular weight excluding hydrogens is 248 g/mol. The van der Waals surface area contributed by atoms with Crippen LogP contribution in [0.2, 0.25) is 0 Å². The Morgan fingerprint density at radius 2 is 2.29 bits per heavy atom. The molecule has 1 aromatic rings. The Morgan fingerprint density at radius 1 is 1.50 bits per heavy atom. The van der Waals surface area contributed by atoms with Gasteiger partial charge in [0.25, 0.3) is 0 Å². The van der Waals surface area contributed by atoms with Gasteiger partial charge in [0.2, 0.25) is 0 Å². The van der Waals surface area contributed by atoms with E-state index in [2.05, 4.69) is 15.9 Å². The first-order chi connectivity index (χ1) is 6.72. The quantitative estimate of drug-likeness (QED) is 0.771. The molecule has 1 aliphatic heterocycles. The standard InChI is InChI=1S/C10H9BrO3/c1-13-9-3-2-8(11)10-7(9)4-6(12)5-14-10/h2-3H,4-5H2,1H3. The van der Waals surface area contributed by atoms with E-state index in [4.69, 9.17) is 9.47 Å². The number of halogens is 1. The highest BCUT2D eigenvalue weighted by Gasteiger charge is 2.22. The number of methoxy groups -OCH3 is 1.